The summed E-state index contributed by atoms with van der Waals surface area (Å²) < 4.78 is 5.69. The van der Waals surface area contributed by atoms with Crippen LogP contribution >= 0.6 is 0 Å². The lowest BCUT2D eigenvalue weighted by atomic mass is 10.1. The highest BCUT2D eigenvalue weighted by Crippen LogP contribution is 2.20. The number of nitrogens with one attached hydrogen (secondary N) is 2. The van der Waals surface area contributed by atoms with Crippen LogP contribution in [0, 0.1) is 0 Å². The van der Waals surface area contributed by atoms with Gasteiger partial charge in [-0.15, -0.1) is 0 Å². The van der Waals surface area contributed by atoms with Crippen LogP contribution in [0.2, 0.25) is 0 Å². The molecule has 1 aliphatic heterocycles. The Hall–Kier alpha value is -1.75. The fourth-order valence-corrected chi connectivity index (χ4v) is 2.44. The largest absolute Gasteiger partial charge is 0.399 e. The number of hydrogen-bond donors (Lipinski definition) is 3. The van der Waals surface area contributed by atoms with Crippen molar-refractivity contribution in [2.45, 2.75) is 31.8 Å². The Morgan fingerprint density at radius 2 is 2.30 bits per heavy atom. The Bertz CT molecular complexity index is 456. The first-order valence-electron chi connectivity index (χ1n) is 7.18. The van der Waals surface area contributed by atoms with E-state index in [9.17, 15) is 4.79 Å². The van der Waals surface area contributed by atoms with E-state index in [1.54, 1.807) is 25.2 Å². The van der Waals surface area contributed by atoms with Crippen LogP contribution < -0.4 is 16.4 Å². The zero-order chi connectivity index (χ0) is 14.4. The number of carbonyl (C=O) groups is 1. The van der Waals surface area contributed by atoms with Gasteiger partial charge in [-0.1, -0.05) is 0 Å². The van der Waals surface area contributed by atoms with Crippen molar-refractivity contribution in [2.24, 2.45) is 0 Å². The van der Waals surface area contributed by atoms with E-state index in [-0.39, 0.29) is 5.91 Å². The van der Waals surface area contributed by atoms with Crippen LogP contribution in [-0.4, -0.2) is 32.2 Å². The molecular weight excluding hydrogens is 254 g/mol. The van der Waals surface area contributed by atoms with Crippen molar-refractivity contribution in [1.29, 1.82) is 0 Å². The van der Waals surface area contributed by atoms with E-state index in [1.807, 2.05) is 0 Å². The van der Waals surface area contributed by atoms with Gasteiger partial charge < -0.3 is 21.1 Å². The summed E-state index contributed by atoms with van der Waals surface area (Å²) in [6, 6.07) is 5.28. The number of carbonyl (C=O) groups excluding carboxylic acids is 1. The van der Waals surface area contributed by atoms with Gasteiger partial charge in [-0.25, -0.2) is 0 Å². The second-order valence-corrected chi connectivity index (χ2v) is 5.09. The first-order valence-corrected chi connectivity index (χ1v) is 7.18. The zero-order valence-corrected chi connectivity index (χ0v) is 11.9. The number of hydrogen-bond acceptors (Lipinski definition) is 4. The molecule has 20 heavy (non-hydrogen) atoms. The van der Waals surface area contributed by atoms with Crippen LogP contribution in [0.1, 0.15) is 36.0 Å². The lowest BCUT2D eigenvalue weighted by Crippen LogP contribution is -2.23. The van der Waals surface area contributed by atoms with Gasteiger partial charge in [-0.3, -0.25) is 4.79 Å². The predicted octanol–water partition coefficient (Wildman–Crippen LogP) is 2.00. The summed E-state index contributed by atoms with van der Waals surface area (Å²) in [5, 5.41) is 5.93. The molecule has 1 aliphatic rings. The van der Waals surface area contributed by atoms with Crippen molar-refractivity contribution in [1.82, 2.24) is 5.32 Å². The smallest absolute Gasteiger partial charge is 0.253 e. The van der Waals surface area contributed by atoms with Crippen LogP contribution in [0.5, 0.6) is 0 Å². The maximum atomic E-state index is 11.8. The molecule has 5 heteroatoms. The highest BCUT2D eigenvalue weighted by molar-refractivity contribution is 6.00. The summed E-state index contributed by atoms with van der Waals surface area (Å²) in [6.07, 6.45) is 4.82. The van der Waals surface area contributed by atoms with Crippen LogP contribution in [0.4, 0.5) is 11.4 Å². The lowest BCUT2D eigenvalue weighted by molar-refractivity contribution is 0.0134. The molecule has 1 saturated heterocycles. The Labute approximate surface area is 119 Å². The molecule has 5 nitrogen and oxygen atoms in total. The summed E-state index contributed by atoms with van der Waals surface area (Å²) in [6.45, 7) is 1.64. The highest BCUT2D eigenvalue weighted by Gasteiger charge is 2.14. The molecule has 0 radical (unpaired) electrons. The number of nitrogens with two attached hydrogens (primary N) is 1. The molecule has 1 fully saturated rings. The first-order chi connectivity index (χ1) is 9.70. The van der Waals surface area contributed by atoms with Crippen molar-refractivity contribution in [3.8, 4) is 0 Å². The quantitative estimate of drug-likeness (QED) is 0.719. The Morgan fingerprint density at radius 3 is 3.00 bits per heavy atom. The third-order valence-corrected chi connectivity index (χ3v) is 3.57. The summed E-state index contributed by atoms with van der Waals surface area (Å²) >= 11 is 0. The van der Waals surface area contributed by atoms with Gasteiger partial charge in [0.25, 0.3) is 5.91 Å². The minimum atomic E-state index is -0.110. The van der Waals surface area contributed by atoms with Gasteiger partial charge in [0, 0.05) is 31.6 Å². The molecule has 1 amide bonds. The van der Waals surface area contributed by atoms with E-state index in [4.69, 9.17) is 10.5 Å². The number of amides is 1. The summed E-state index contributed by atoms with van der Waals surface area (Å²) in [5.74, 6) is -0.110. The zero-order valence-electron chi connectivity index (χ0n) is 11.9. The Balaban J connectivity index is 1.93. The maximum absolute atomic E-state index is 11.8. The van der Waals surface area contributed by atoms with Crippen molar-refractivity contribution < 1.29 is 9.53 Å². The van der Waals surface area contributed by atoms with Crippen LogP contribution in [-0.2, 0) is 4.74 Å². The van der Waals surface area contributed by atoms with E-state index in [0.717, 1.165) is 31.7 Å². The molecular formula is C15H23N3O2. The molecule has 110 valence electrons. The van der Waals surface area contributed by atoms with Gasteiger partial charge in [-0.05, 0) is 43.9 Å². The van der Waals surface area contributed by atoms with Gasteiger partial charge in [-0.2, -0.15) is 0 Å². The van der Waals surface area contributed by atoms with Crippen molar-refractivity contribution in [3.63, 3.8) is 0 Å². The SMILES string of the molecule is CNC(=O)c1ccc(N)cc1NCCC1CCCCO1. The average molecular weight is 277 g/mol. The van der Waals surface area contributed by atoms with Crippen LogP contribution in [0.3, 0.4) is 0 Å². The summed E-state index contributed by atoms with van der Waals surface area (Å²) in [7, 11) is 1.62. The van der Waals surface area contributed by atoms with E-state index >= 15 is 0 Å². The topological polar surface area (TPSA) is 76.4 Å². The number of benzene rings is 1. The summed E-state index contributed by atoms with van der Waals surface area (Å²) in [5.41, 5.74) is 7.83. The second-order valence-electron chi connectivity index (χ2n) is 5.09. The standard InChI is InChI=1S/C15H23N3O2/c1-17-15(19)13-6-5-11(16)10-14(13)18-8-7-12-4-2-3-9-20-12/h5-6,10,12,18H,2-4,7-9,16H2,1H3,(H,17,19). The fraction of sp³-hybridized carbons (Fsp3) is 0.533. The third kappa shape index (κ3) is 3.87. The number of rotatable bonds is 5. The molecule has 0 saturated carbocycles. The molecule has 1 aromatic carbocycles. The van der Waals surface area contributed by atoms with E-state index in [1.165, 1.54) is 12.8 Å². The molecule has 2 rings (SSSR count). The number of ether oxygens (including phenoxy) is 1. The fourth-order valence-electron chi connectivity index (χ4n) is 2.44. The minimum Gasteiger partial charge on any atom is -0.399 e. The second kappa shape index (κ2) is 7.14. The van der Waals surface area contributed by atoms with E-state index in [0.29, 0.717) is 17.4 Å². The normalized spacial score (nSPS) is 18.6. The van der Waals surface area contributed by atoms with Crippen molar-refractivity contribution in [3.05, 3.63) is 23.8 Å². The van der Waals surface area contributed by atoms with Crippen LogP contribution in [0.15, 0.2) is 18.2 Å². The molecule has 0 bridgehead atoms. The van der Waals surface area contributed by atoms with Crippen molar-refractivity contribution in [2.75, 3.05) is 31.2 Å². The predicted molar refractivity (Wildman–Crippen MR) is 80.9 cm³/mol. The molecule has 1 aromatic rings. The number of anilines is 2. The van der Waals surface area contributed by atoms with E-state index < -0.39 is 0 Å². The molecule has 0 aliphatic carbocycles. The molecule has 1 atom stereocenters. The molecule has 0 spiro atoms. The molecule has 1 heterocycles. The monoisotopic (exact) mass is 277 g/mol. The van der Waals surface area contributed by atoms with Crippen molar-refractivity contribution >= 4 is 17.3 Å². The van der Waals surface area contributed by atoms with E-state index in [2.05, 4.69) is 10.6 Å². The highest BCUT2D eigenvalue weighted by atomic mass is 16.5. The van der Waals surface area contributed by atoms with Gasteiger partial charge in [0.2, 0.25) is 0 Å². The number of nitrogen functional groups attached to an aromatic ring is 1. The van der Waals surface area contributed by atoms with Gasteiger partial charge >= 0.3 is 0 Å². The van der Waals surface area contributed by atoms with Gasteiger partial charge in [0.05, 0.1) is 11.7 Å². The molecule has 0 aromatic heterocycles. The van der Waals surface area contributed by atoms with Crippen LogP contribution in [0.25, 0.3) is 0 Å². The van der Waals surface area contributed by atoms with Gasteiger partial charge in [0.1, 0.15) is 0 Å². The lowest BCUT2D eigenvalue weighted by Gasteiger charge is -2.23. The summed E-state index contributed by atoms with van der Waals surface area (Å²) in [4.78, 5) is 11.8. The average Bonchev–Trinajstić information content (AvgIpc) is 2.48. The molecule has 1 unspecified atom stereocenters. The Kier molecular flexibility index (Phi) is 5.24. The Morgan fingerprint density at radius 1 is 1.45 bits per heavy atom. The first kappa shape index (κ1) is 14.7. The maximum Gasteiger partial charge on any atom is 0.253 e. The van der Waals surface area contributed by atoms with Gasteiger partial charge in [0.15, 0.2) is 0 Å². The molecule has 4 N–H and O–H groups in total. The minimum absolute atomic E-state index is 0.110. The third-order valence-electron chi connectivity index (χ3n) is 3.57.